The number of amides is 2. The topological polar surface area (TPSA) is 75.3 Å². The largest absolute Gasteiger partial charge is 0.356 e. The van der Waals surface area contributed by atoms with Crippen LogP contribution in [0.5, 0.6) is 0 Å². The zero-order chi connectivity index (χ0) is 18.5. The van der Waals surface area contributed by atoms with Crippen LogP contribution in [0.15, 0.2) is 54.6 Å². The first-order chi connectivity index (χ1) is 12.5. The lowest BCUT2D eigenvalue weighted by atomic mass is 9.97. The van der Waals surface area contributed by atoms with Crippen LogP contribution >= 0.6 is 0 Å². The number of carbonyl (C=O) groups is 3. The summed E-state index contributed by atoms with van der Waals surface area (Å²) in [7, 11) is 0. The number of benzene rings is 2. The smallest absolute Gasteiger partial charge is 0.251 e. The van der Waals surface area contributed by atoms with Gasteiger partial charge in [-0.3, -0.25) is 14.4 Å². The van der Waals surface area contributed by atoms with Gasteiger partial charge in [-0.2, -0.15) is 0 Å². The van der Waals surface area contributed by atoms with Crippen molar-refractivity contribution in [1.29, 1.82) is 0 Å². The molecule has 1 aliphatic rings. The van der Waals surface area contributed by atoms with E-state index in [-0.39, 0.29) is 29.6 Å². The Bertz CT molecular complexity index is 872. The van der Waals surface area contributed by atoms with E-state index in [9.17, 15) is 14.4 Å². The second-order valence-corrected chi connectivity index (χ2v) is 6.62. The van der Waals surface area contributed by atoms with Gasteiger partial charge in [0.2, 0.25) is 5.91 Å². The quantitative estimate of drug-likeness (QED) is 0.787. The monoisotopic (exact) mass is 350 g/mol. The lowest BCUT2D eigenvalue weighted by Gasteiger charge is -2.18. The molecule has 1 aliphatic heterocycles. The van der Waals surface area contributed by atoms with E-state index in [0.717, 1.165) is 17.2 Å². The Hall–Kier alpha value is -2.95. The minimum Gasteiger partial charge on any atom is -0.356 e. The van der Waals surface area contributed by atoms with Gasteiger partial charge in [-0.15, -0.1) is 0 Å². The molecule has 0 bridgehead atoms. The van der Waals surface area contributed by atoms with Gasteiger partial charge in [-0.05, 0) is 48.7 Å². The summed E-state index contributed by atoms with van der Waals surface area (Å²) in [6, 6.07) is 13.0. The van der Waals surface area contributed by atoms with Gasteiger partial charge in [-0.25, -0.2) is 0 Å². The Kier molecular flexibility index (Phi) is 5.46. The maximum atomic E-state index is 12.7. The predicted molar refractivity (Wildman–Crippen MR) is 101 cm³/mol. The average molecular weight is 350 g/mol. The third kappa shape index (κ3) is 4.36. The second-order valence-electron chi connectivity index (χ2n) is 6.62. The summed E-state index contributed by atoms with van der Waals surface area (Å²) in [4.78, 5) is 35.8. The number of allylic oxidation sites excluding steroid dienone is 1. The molecule has 5 heteroatoms. The maximum Gasteiger partial charge on any atom is 0.251 e. The molecule has 1 saturated heterocycles. The van der Waals surface area contributed by atoms with Crippen molar-refractivity contribution in [2.45, 2.75) is 25.8 Å². The van der Waals surface area contributed by atoms with E-state index in [1.807, 2.05) is 36.4 Å². The number of hydrogen-bond donors (Lipinski definition) is 2. The van der Waals surface area contributed by atoms with Gasteiger partial charge in [0.15, 0.2) is 5.78 Å². The van der Waals surface area contributed by atoms with Crippen molar-refractivity contribution in [3.63, 3.8) is 0 Å². The zero-order valence-electron chi connectivity index (χ0n) is 14.7. The lowest BCUT2D eigenvalue weighted by Crippen LogP contribution is -2.36. The fourth-order valence-electron chi connectivity index (χ4n) is 3.20. The number of fused-ring (bicyclic) bond motifs is 1. The van der Waals surface area contributed by atoms with Crippen LogP contribution in [0.3, 0.4) is 0 Å². The summed E-state index contributed by atoms with van der Waals surface area (Å²) in [5.41, 5.74) is 0.556. The molecular formula is C21H22N2O3. The SMILES string of the molecule is CC(=O)/C=C/[C@H](C[C@H]1CCNC1=O)NC(=O)c1ccc2ccccc2c1. The normalized spacial score (nSPS) is 18.0. The molecule has 1 fully saturated rings. The van der Waals surface area contributed by atoms with Crippen molar-refractivity contribution >= 4 is 28.4 Å². The fraction of sp³-hybridized carbons (Fsp3) is 0.286. The van der Waals surface area contributed by atoms with Gasteiger partial charge in [-0.1, -0.05) is 36.4 Å². The van der Waals surface area contributed by atoms with Crippen LogP contribution in [0, 0.1) is 5.92 Å². The van der Waals surface area contributed by atoms with Crippen LogP contribution in [-0.2, 0) is 9.59 Å². The molecule has 2 amide bonds. The van der Waals surface area contributed by atoms with Crippen molar-refractivity contribution < 1.29 is 14.4 Å². The molecule has 2 atom stereocenters. The molecule has 0 unspecified atom stereocenters. The minimum absolute atomic E-state index is 0.00572. The van der Waals surface area contributed by atoms with E-state index in [4.69, 9.17) is 0 Å². The van der Waals surface area contributed by atoms with Crippen molar-refractivity contribution in [2.75, 3.05) is 6.54 Å². The third-order valence-corrected chi connectivity index (χ3v) is 4.59. The first kappa shape index (κ1) is 17.9. The van der Waals surface area contributed by atoms with Crippen LogP contribution in [0.4, 0.5) is 0 Å². The average Bonchev–Trinajstić information content (AvgIpc) is 3.03. The zero-order valence-corrected chi connectivity index (χ0v) is 14.7. The molecule has 2 N–H and O–H groups in total. The number of nitrogens with one attached hydrogen (secondary N) is 2. The number of hydrogen-bond acceptors (Lipinski definition) is 3. The number of carbonyl (C=O) groups excluding carboxylic acids is 3. The first-order valence-electron chi connectivity index (χ1n) is 8.79. The van der Waals surface area contributed by atoms with Gasteiger partial charge in [0.05, 0.1) is 0 Å². The molecule has 26 heavy (non-hydrogen) atoms. The summed E-state index contributed by atoms with van der Waals surface area (Å²) >= 11 is 0. The molecule has 3 rings (SSSR count). The van der Waals surface area contributed by atoms with Gasteiger partial charge in [0.1, 0.15) is 0 Å². The molecule has 5 nitrogen and oxygen atoms in total. The number of rotatable bonds is 6. The van der Waals surface area contributed by atoms with E-state index >= 15 is 0 Å². The highest BCUT2D eigenvalue weighted by atomic mass is 16.2. The van der Waals surface area contributed by atoms with E-state index in [0.29, 0.717) is 18.5 Å². The summed E-state index contributed by atoms with van der Waals surface area (Å²) in [5, 5.41) is 7.81. The van der Waals surface area contributed by atoms with Crippen LogP contribution < -0.4 is 10.6 Å². The van der Waals surface area contributed by atoms with Crippen molar-refractivity contribution in [3.05, 3.63) is 60.2 Å². The highest BCUT2D eigenvalue weighted by molar-refractivity contribution is 5.99. The Morgan fingerprint density at radius 2 is 2.00 bits per heavy atom. The summed E-state index contributed by atoms with van der Waals surface area (Å²) < 4.78 is 0. The van der Waals surface area contributed by atoms with Crippen LogP contribution in [0.2, 0.25) is 0 Å². The van der Waals surface area contributed by atoms with Crippen molar-refractivity contribution in [2.24, 2.45) is 5.92 Å². The van der Waals surface area contributed by atoms with E-state index in [1.165, 1.54) is 13.0 Å². The Morgan fingerprint density at radius 1 is 1.23 bits per heavy atom. The summed E-state index contributed by atoms with van der Waals surface area (Å²) in [5.74, 6) is -0.446. The molecule has 0 saturated carbocycles. The number of ketones is 1. The van der Waals surface area contributed by atoms with Crippen molar-refractivity contribution in [3.8, 4) is 0 Å². The molecular weight excluding hydrogens is 328 g/mol. The second kappa shape index (κ2) is 7.95. The Labute approximate surface area is 152 Å². The van der Waals surface area contributed by atoms with Gasteiger partial charge in [0, 0.05) is 24.1 Å². The molecule has 0 radical (unpaired) electrons. The molecule has 134 valence electrons. The molecule has 0 spiro atoms. The lowest BCUT2D eigenvalue weighted by molar-refractivity contribution is -0.122. The molecule has 2 aromatic carbocycles. The first-order valence-corrected chi connectivity index (χ1v) is 8.79. The Balaban J connectivity index is 1.76. The van der Waals surface area contributed by atoms with Crippen LogP contribution in [-0.4, -0.2) is 30.2 Å². The maximum absolute atomic E-state index is 12.7. The van der Waals surface area contributed by atoms with E-state index in [2.05, 4.69) is 10.6 Å². The van der Waals surface area contributed by atoms with E-state index < -0.39 is 0 Å². The molecule has 1 heterocycles. The van der Waals surface area contributed by atoms with Crippen molar-refractivity contribution in [1.82, 2.24) is 10.6 Å². The highest BCUT2D eigenvalue weighted by Crippen LogP contribution is 2.19. The van der Waals surface area contributed by atoms with Gasteiger partial charge in [0.25, 0.3) is 5.91 Å². The third-order valence-electron chi connectivity index (χ3n) is 4.59. The van der Waals surface area contributed by atoms with Crippen LogP contribution in [0.1, 0.15) is 30.1 Å². The fourth-order valence-corrected chi connectivity index (χ4v) is 3.20. The van der Waals surface area contributed by atoms with Gasteiger partial charge < -0.3 is 10.6 Å². The summed E-state index contributed by atoms with van der Waals surface area (Å²) in [6.45, 7) is 2.12. The van der Waals surface area contributed by atoms with E-state index in [1.54, 1.807) is 12.1 Å². The highest BCUT2D eigenvalue weighted by Gasteiger charge is 2.27. The van der Waals surface area contributed by atoms with Crippen LogP contribution in [0.25, 0.3) is 10.8 Å². The summed E-state index contributed by atoms with van der Waals surface area (Å²) in [6.07, 6.45) is 4.34. The minimum atomic E-state index is -0.369. The predicted octanol–water partition coefficient (Wildman–Crippen LogP) is 2.61. The molecule has 0 aliphatic carbocycles. The Morgan fingerprint density at radius 3 is 2.69 bits per heavy atom. The standard InChI is InChI=1S/C21H22N2O3/c1-14(24)6-9-19(13-18-10-11-22-20(18)25)23-21(26)17-8-7-15-4-2-3-5-16(15)12-17/h2-9,12,18-19H,10-11,13H2,1H3,(H,22,25)(H,23,26)/b9-6+/t18-,19-/m1/s1. The molecule has 2 aromatic rings. The molecule has 0 aromatic heterocycles. The van der Waals surface area contributed by atoms with Gasteiger partial charge >= 0.3 is 0 Å².